The number of hydrogen-bond acceptors (Lipinski definition) is 2. The van der Waals surface area contributed by atoms with Gasteiger partial charge in [0.15, 0.2) is 0 Å². The first-order chi connectivity index (χ1) is 10.3. The van der Waals surface area contributed by atoms with Crippen LogP contribution in [-0.2, 0) is 19.5 Å². The largest absolute Gasteiger partial charge is 0.331 e. The van der Waals surface area contributed by atoms with E-state index in [9.17, 15) is 0 Å². The molecule has 0 bridgehead atoms. The molecule has 1 N–H and O–H groups in total. The van der Waals surface area contributed by atoms with E-state index in [1.54, 1.807) is 5.69 Å². The van der Waals surface area contributed by atoms with Crippen molar-refractivity contribution in [3.63, 3.8) is 0 Å². The van der Waals surface area contributed by atoms with Crippen molar-refractivity contribution >= 4 is 0 Å². The van der Waals surface area contributed by atoms with E-state index >= 15 is 0 Å². The summed E-state index contributed by atoms with van der Waals surface area (Å²) in [5, 5.41) is 3.50. The van der Waals surface area contributed by atoms with Gasteiger partial charge in [0.25, 0.3) is 0 Å². The lowest BCUT2D eigenvalue weighted by molar-refractivity contribution is 0.375. The molecule has 1 aromatic rings. The Bertz CT molecular complexity index is 495. The molecule has 1 atom stereocenters. The van der Waals surface area contributed by atoms with Crippen LogP contribution in [0.25, 0.3) is 0 Å². The van der Waals surface area contributed by atoms with Crippen LogP contribution >= 0.6 is 0 Å². The number of aromatic nitrogens is 2. The molecule has 116 valence electrons. The molecule has 2 fully saturated rings. The number of imidazole rings is 1. The van der Waals surface area contributed by atoms with E-state index in [4.69, 9.17) is 4.98 Å². The van der Waals surface area contributed by atoms with E-state index < -0.39 is 0 Å². The van der Waals surface area contributed by atoms with Crippen LogP contribution in [-0.4, -0.2) is 16.1 Å². The third-order valence-electron chi connectivity index (χ3n) is 5.88. The van der Waals surface area contributed by atoms with Crippen LogP contribution in [0.3, 0.4) is 0 Å². The molecule has 3 nitrogen and oxygen atoms in total. The molecule has 3 heteroatoms. The van der Waals surface area contributed by atoms with Crippen molar-refractivity contribution in [2.24, 2.45) is 11.8 Å². The van der Waals surface area contributed by atoms with Gasteiger partial charge in [-0.1, -0.05) is 26.2 Å². The minimum Gasteiger partial charge on any atom is -0.331 e. The van der Waals surface area contributed by atoms with Crippen LogP contribution < -0.4 is 5.32 Å². The highest BCUT2D eigenvalue weighted by molar-refractivity contribution is 5.22. The maximum Gasteiger partial charge on any atom is 0.112 e. The van der Waals surface area contributed by atoms with Gasteiger partial charge in [0.2, 0.25) is 0 Å². The first-order valence-corrected chi connectivity index (χ1v) is 9.12. The maximum atomic E-state index is 5.11. The van der Waals surface area contributed by atoms with Crippen LogP contribution in [0.5, 0.6) is 0 Å². The van der Waals surface area contributed by atoms with Gasteiger partial charge in [0.05, 0.1) is 5.69 Å². The quantitative estimate of drug-likeness (QED) is 0.916. The molecule has 2 aliphatic carbocycles. The molecule has 3 aliphatic rings. The van der Waals surface area contributed by atoms with Crippen molar-refractivity contribution in [3.05, 3.63) is 17.2 Å². The van der Waals surface area contributed by atoms with Crippen molar-refractivity contribution < 1.29 is 0 Å². The van der Waals surface area contributed by atoms with Crippen LogP contribution in [0.1, 0.15) is 75.0 Å². The number of nitrogens with one attached hydrogen (secondary N) is 1. The second-order valence-corrected chi connectivity index (χ2v) is 7.55. The Morgan fingerprint density at radius 1 is 1.19 bits per heavy atom. The average molecular weight is 287 g/mol. The standard InChI is InChI=1S/C18H29N3/c1-13(14-7-8-14)12-21-17-9-10-19-11-16(17)20-18(21)15-5-3-2-4-6-15/h13-15,19H,2-12H2,1H3. The van der Waals surface area contributed by atoms with Crippen molar-refractivity contribution in [2.45, 2.75) is 77.3 Å². The zero-order valence-electron chi connectivity index (χ0n) is 13.4. The number of fused-ring (bicyclic) bond motifs is 1. The van der Waals surface area contributed by atoms with Gasteiger partial charge in [-0.05, 0) is 37.5 Å². The van der Waals surface area contributed by atoms with Gasteiger partial charge in [0.1, 0.15) is 5.82 Å². The highest BCUT2D eigenvalue weighted by Crippen LogP contribution is 2.39. The van der Waals surface area contributed by atoms with Gasteiger partial charge in [-0.2, -0.15) is 0 Å². The number of hydrogen-bond donors (Lipinski definition) is 1. The van der Waals surface area contributed by atoms with E-state index in [1.165, 1.54) is 69.4 Å². The maximum absolute atomic E-state index is 5.11. The predicted octanol–water partition coefficient (Wildman–Crippen LogP) is 3.62. The molecular weight excluding hydrogens is 258 g/mol. The minimum atomic E-state index is 0.732. The molecular formula is C18H29N3. The van der Waals surface area contributed by atoms with Crippen molar-refractivity contribution in [2.75, 3.05) is 6.54 Å². The Kier molecular flexibility index (Phi) is 3.78. The van der Waals surface area contributed by atoms with E-state index in [2.05, 4.69) is 16.8 Å². The Hall–Kier alpha value is -0.830. The summed E-state index contributed by atoms with van der Waals surface area (Å²) in [6, 6.07) is 0. The monoisotopic (exact) mass is 287 g/mol. The lowest BCUT2D eigenvalue weighted by Crippen LogP contribution is -2.26. The second kappa shape index (κ2) is 5.75. The Morgan fingerprint density at radius 3 is 2.76 bits per heavy atom. The van der Waals surface area contributed by atoms with Gasteiger partial charge in [0, 0.05) is 37.7 Å². The van der Waals surface area contributed by atoms with Crippen LogP contribution in [0.2, 0.25) is 0 Å². The Balaban J connectivity index is 1.64. The highest BCUT2D eigenvalue weighted by atomic mass is 15.1. The van der Waals surface area contributed by atoms with Gasteiger partial charge < -0.3 is 9.88 Å². The molecule has 2 saturated carbocycles. The summed E-state index contributed by atoms with van der Waals surface area (Å²) >= 11 is 0. The summed E-state index contributed by atoms with van der Waals surface area (Å²) < 4.78 is 2.66. The van der Waals surface area contributed by atoms with E-state index in [1.807, 2.05) is 0 Å². The first kappa shape index (κ1) is 13.8. The number of nitrogens with zero attached hydrogens (tertiary/aromatic N) is 2. The van der Waals surface area contributed by atoms with Gasteiger partial charge in [-0.25, -0.2) is 4.98 Å². The smallest absolute Gasteiger partial charge is 0.112 e. The molecule has 0 radical (unpaired) electrons. The van der Waals surface area contributed by atoms with Crippen LogP contribution in [0, 0.1) is 11.8 Å². The molecule has 1 aromatic heterocycles. The van der Waals surface area contributed by atoms with Gasteiger partial charge >= 0.3 is 0 Å². The van der Waals surface area contributed by atoms with Crippen molar-refractivity contribution in [1.29, 1.82) is 0 Å². The van der Waals surface area contributed by atoms with E-state index in [0.29, 0.717) is 0 Å². The summed E-state index contributed by atoms with van der Waals surface area (Å²) in [5.74, 6) is 4.00. The summed E-state index contributed by atoms with van der Waals surface area (Å²) in [6.07, 6.45) is 11.0. The number of rotatable bonds is 4. The van der Waals surface area contributed by atoms with Gasteiger partial charge in [-0.15, -0.1) is 0 Å². The predicted molar refractivity (Wildman–Crippen MR) is 85.4 cm³/mol. The average Bonchev–Trinajstić information content (AvgIpc) is 3.32. The molecule has 2 heterocycles. The molecule has 1 aliphatic heterocycles. The minimum absolute atomic E-state index is 0.732. The summed E-state index contributed by atoms with van der Waals surface area (Å²) in [4.78, 5) is 5.11. The molecule has 21 heavy (non-hydrogen) atoms. The fourth-order valence-electron chi connectivity index (χ4n) is 4.37. The van der Waals surface area contributed by atoms with Crippen LogP contribution in [0.15, 0.2) is 0 Å². The van der Waals surface area contributed by atoms with E-state index in [0.717, 1.165) is 30.8 Å². The summed E-state index contributed by atoms with van der Waals surface area (Å²) in [5.41, 5.74) is 2.91. The second-order valence-electron chi connectivity index (χ2n) is 7.55. The molecule has 0 aromatic carbocycles. The first-order valence-electron chi connectivity index (χ1n) is 9.12. The zero-order valence-corrected chi connectivity index (χ0v) is 13.4. The third kappa shape index (κ3) is 2.77. The molecule has 0 spiro atoms. The normalized spacial score (nSPS) is 24.8. The summed E-state index contributed by atoms with van der Waals surface area (Å²) in [6.45, 7) is 5.79. The zero-order chi connectivity index (χ0) is 14.2. The van der Waals surface area contributed by atoms with Crippen molar-refractivity contribution in [3.8, 4) is 0 Å². The Labute approximate surface area is 128 Å². The molecule has 0 saturated heterocycles. The molecule has 4 rings (SSSR count). The SMILES string of the molecule is CC(Cn1c(C2CCCCC2)nc2c1CCNC2)C1CC1. The lowest BCUT2D eigenvalue weighted by atomic mass is 9.88. The van der Waals surface area contributed by atoms with E-state index in [-0.39, 0.29) is 0 Å². The van der Waals surface area contributed by atoms with Gasteiger partial charge in [-0.3, -0.25) is 0 Å². The fourth-order valence-corrected chi connectivity index (χ4v) is 4.37. The lowest BCUT2D eigenvalue weighted by Gasteiger charge is -2.25. The third-order valence-corrected chi connectivity index (χ3v) is 5.88. The molecule has 1 unspecified atom stereocenters. The molecule has 0 amide bonds. The topological polar surface area (TPSA) is 29.9 Å². The fraction of sp³-hybridized carbons (Fsp3) is 0.833. The van der Waals surface area contributed by atoms with Crippen LogP contribution in [0.4, 0.5) is 0 Å². The Morgan fingerprint density at radius 2 is 2.00 bits per heavy atom. The highest BCUT2D eigenvalue weighted by Gasteiger charge is 2.31. The summed E-state index contributed by atoms with van der Waals surface area (Å²) in [7, 11) is 0. The van der Waals surface area contributed by atoms with Crippen molar-refractivity contribution in [1.82, 2.24) is 14.9 Å².